The Morgan fingerprint density at radius 3 is 2.37 bits per heavy atom. The SMILES string of the molecule is C[C@@H](NC(=O)C1CCC(NS(=O)(=O)c2ccc3nc(-c4ccncc4)ccc3c2)CC1)c1ccc(F)cc1. The van der Waals surface area contributed by atoms with E-state index in [0.717, 1.165) is 22.2 Å². The van der Waals surface area contributed by atoms with Crippen LogP contribution in [0.1, 0.15) is 44.2 Å². The van der Waals surface area contributed by atoms with E-state index in [0.29, 0.717) is 31.2 Å². The summed E-state index contributed by atoms with van der Waals surface area (Å²) < 4.78 is 42.2. The number of rotatable bonds is 7. The molecule has 0 radical (unpaired) electrons. The highest BCUT2D eigenvalue weighted by Gasteiger charge is 2.30. The van der Waals surface area contributed by atoms with Crippen LogP contribution in [0.3, 0.4) is 0 Å². The number of nitrogens with one attached hydrogen (secondary N) is 2. The first kappa shape index (κ1) is 25.9. The van der Waals surface area contributed by atoms with Crippen molar-refractivity contribution in [3.8, 4) is 11.3 Å². The topological polar surface area (TPSA) is 101 Å². The second-order valence-corrected chi connectivity index (χ2v) is 11.5. The van der Waals surface area contributed by atoms with Crippen LogP contribution in [0.4, 0.5) is 4.39 Å². The van der Waals surface area contributed by atoms with Gasteiger partial charge in [-0.2, -0.15) is 0 Å². The highest BCUT2D eigenvalue weighted by molar-refractivity contribution is 7.89. The molecule has 7 nitrogen and oxygen atoms in total. The highest BCUT2D eigenvalue weighted by Crippen LogP contribution is 2.28. The Bertz CT molecular complexity index is 1540. The molecule has 1 atom stereocenters. The second kappa shape index (κ2) is 11.0. The van der Waals surface area contributed by atoms with Crippen molar-refractivity contribution in [2.45, 2.75) is 49.6 Å². The van der Waals surface area contributed by atoms with E-state index in [-0.39, 0.29) is 34.6 Å². The van der Waals surface area contributed by atoms with E-state index in [1.807, 2.05) is 31.2 Å². The van der Waals surface area contributed by atoms with E-state index in [4.69, 9.17) is 0 Å². The smallest absolute Gasteiger partial charge is 0.240 e. The van der Waals surface area contributed by atoms with Crippen LogP contribution in [0.5, 0.6) is 0 Å². The summed E-state index contributed by atoms with van der Waals surface area (Å²) in [6, 6.07) is 18.0. The summed E-state index contributed by atoms with van der Waals surface area (Å²) in [5, 5.41) is 3.73. The van der Waals surface area contributed by atoms with Crippen LogP contribution in [0.15, 0.2) is 84.0 Å². The van der Waals surface area contributed by atoms with E-state index in [9.17, 15) is 17.6 Å². The van der Waals surface area contributed by atoms with Gasteiger partial charge >= 0.3 is 0 Å². The summed E-state index contributed by atoms with van der Waals surface area (Å²) in [4.78, 5) is 21.6. The van der Waals surface area contributed by atoms with Crippen LogP contribution in [0.25, 0.3) is 22.2 Å². The maximum Gasteiger partial charge on any atom is 0.240 e. The Hall–Kier alpha value is -3.69. The zero-order valence-corrected chi connectivity index (χ0v) is 21.8. The van der Waals surface area contributed by atoms with E-state index in [1.54, 1.807) is 42.7 Å². The number of amides is 1. The average molecular weight is 533 g/mol. The monoisotopic (exact) mass is 532 g/mol. The summed E-state index contributed by atoms with van der Waals surface area (Å²) in [6.07, 6.45) is 5.75. The Morgan fingerprint density at radius 1 is 0.947 bits per heavy atom. The predicted octanol–water partition coefficient (Wildman–Crippen LogP) is 5.15. The van der Waals surface area contributed by atoms with Gasteiger partial charge in [0, 0.05) is 35.3 Å². The second-order valence-electron chi connectivity index (χ2n) is 9.74. The molecule has 1 aliphatic rings. The van der Waals surface area contributed by atoms with E-state index < -0.39 is 10.0 Å². The van der Waals surface area contributed by atoms with Gasteiger partial charge in [-0.05, 0) is 86.7 Å². The molecule has 0 spiro atoms. The van der Waals surface area contributed by atoms with Crippen LogP contribution in [0.2, 0.25) is 0 Å². The Kier molecular flexibility index (Phi) is 7.49. The number of benzene rings is 2. The quantitative estimate of drug-likeness (QED) is 0.343. The third-order valence-electron chi connectivity index (χ3n) is 7.10. The van der Waals surface area contributed by atoms with Crippen molar-refractivity contribution < 1.29 is 17.6 Å². The molecule has 0 saturated heterocycles. The van der Waals surface area contributed by atoms with Crippen LogP contribution >= 0.6 is 0 Å². The van der Waals surface area contributed by atoms with Crippen molar-refractivity contribution in [1.82, 2.24) is 20.0 Å². The standard InChI is InChI=1S/C29H29FN4O3S/c1-19(20-2-7-24(30)8-3-20)32-29(35)22-4-9-25(10-5-22)34-38(36,37)26-11-13-28-23(18-26)6-12-27(33-28)21-14-16-31-17-15-21/h2-3,6-8,11-19,22,25,34H,4-5,9-10H2,1H3,(H,32,35)/t19-,22?,25?/m1/s1. The van der Waals surface area contributed by atoms with Gasteiger partial charge in [0.25, 0.3) is 0 Å². The van der Waals surface area contributed by atoms with Gasteiger partial charge in [-0.15, -0.1) is 0 Å². The third kappa shape index (κ3) is 5.89. The summed E-state index contributed by atoms with van der Waals surface area (Å²) in [5.41, 5.74) is 3.27. The molecule has 2 N–H and O–H groups in total. The van der Waals surface area contributed by atoms with Crippen molar-refractivity contribution in [3.63, 3.8) is 0 Å². The summed E-state index contributed by atoms with van der Waals surface area (Å²) in [5.74, 6) is -0.556. The molecule has 0 aliphatic heterocycles. The Morgan fingerprint density at radius 2 is 1.66 bits per heavy atom. The minimum Gasteiger partial charge on any atom is -0.349 e. The van der Waals surface area contributed by atoms with Crippen LogP contribution in [-0.4, -0.2) is 30.3 Å². The third-order valence-corrected chi connectivity index (χ3v) is 8.61. The van der Waals surface area contributed by atoms with Gasteiger partial charge in [0.2, 0.25) is 15.9 Å². The molecule has 2 aromatic carbocycles. The maximum atomic E-state index is 13.2. The predicted molar refractivity (Wildman–Crippen MR) is 144 cm³/mol. The molecule has 0 bridgehead atoms. The first-order valence-corrected chi connectivity index (χ1v) is 14.2. The first-order chi connectivity index (χ1) is 18.3. The van der Waals surface area contributed by atoms with Crippen molar-refractivity contribution in [1.29, 1.82) is 0 Å². The number of carbonyl (C=O) groups excluding carboxylic acids is 1. The van der Waals surface area contributed by atoms with Crippen molar-refractivity contribution in [3.05, 3.63) is 90.5 Å². The lowest BCUT2D eigenvalue weighted by Crippen LogP contribution is -2.41. The van der Waals surface area contributed by atoms with Crippen LogP contribution in [0, 0.1) is 11.7 Å². The fourth-order valence-corrected chi connectivity index (χ4v) is 6.22. The summed E-state index contributed by atoms with van der Waals surface area (Å²) in [7, 11) is -3.73. The lowest BCUT2D eigenvalue weighted by Gasteiger charge is -2.29. The molecular formula is C29H29FN4O3S. The normalized spacial score (nSPS) is 18.7. The largest absolute Gasteiger partial charge is 0.349 e. The number of fused-ring (bicyclic) bond motifs is 1. The maximum absolute atomic E-state index is 13.2. The number of nitrogens with zero attached hydrogens (tertiary/aromatic N) is 2. The zero-order valence-electron chi connectivity index (χ0n) is 21.0. The molecule has 1 fully saturated rings. The Labute approximate surface area is 221 Å². The van der Waals surface area contributed by atoms with Gasteiger partial charge in [-0.1, -0.05) is 18.2 Å². The van der Waals surface area contributed by atoms with Gasteiger partial charge in [0.05, 0.1) is 22.1 Å². The summed E-state index contributed by atoms with van der Waals surface area (Å²) in [6.45, 7) is 1.87. The van der Waals surface area contributed by atoms with Gasteiger partial charge in [-0.3, -0.25) is 9.78 Å². The molecule has 196 valence electrons. The van der Waals surface area contributed by atoms with Crippen molar-refractivity contribution >= 4 is 26.8 Å². The minimum atomic E-state index is -3.73. The molecule has 5 rings (SSSR count). The summed E-state index contributed by atoms with van der Waals surface area (Å²) >= 11 is 0. The number of halogens is 1. The molecule has 38 heavy (non-hydrogen) atoms. The number of hydrogen-bond acceptors (Lipinski definition) is 5. The number of sulfonamides is 1. The fraction of sp³-hybridized carbons (Fsp3) is 0.276. The van der Waals surface area contributed by atoms with Gasteiger partial charge in [0.1, 0.15) is 5.82 Å². The van der Waals surface area contributed by atoms with Crippen molar-refractivity contribution in [2.75, 3.05) is 0 Å². The molecule has 1 saturated carbocycles. The Balaban J connectivity index is 1.19. The number of hydrogen-bond donors (Lipinski definition) is 2. The molecule has 0 unspecified atom stereocenters. The number of pyridine rings is 2. The van der Waals surface area contributed by atoms with Crippen LogP contribution in [-0.2, 0) is 14.8 Å². The molecule has 2 heterocycles. The van der Waals surface area contributed by atoms with Gasteiger partial charge in [-0.25, -0.2) is 22.5 Å². The molecule has 1 amide bonds. The van der Waals surface area contributed by atoms with Gasteiger partial charge < -0.3 is 5.32 Å². The minimum absolute atomic E-state index is 0.0590. The number of carbonyl (C=O) groups is 1. The molecule has 1 aliphatic carbocycles. The number of aromatic nitrogens is 2. The lowest BCUT2D eigenvalue weighted by molar-refractivity contribution is -0.126. The van der Waals surface area contributed by atoms with Crippen LogP contribution < -0.4 is 10.0 Å². The highest BCUT2D eigenvalue weighted by atomic mass is 32.2. The van der Waals surface area contributed by atoms with Crippen molar-refractivity contribution in [2.24, 2.45) is 5.92 Å². The fourth-order valence-electron chi connectivity index (χ4n) is 4.88. The average Bonchev–Trinajstić information content (AvgIpc) is 2.93. The molecule has 9 heteroatoms. The van der Waals surface area contributed by atoms with Gasteiger partial charge in [0.15, 0.2) is 0 Å². The molecule has 2 aromatic heterocycles. The lowest BCUT2D eigenvalue weighted by atomic mass is 9.85. The zero-order chi connectivity index (χ0) is 26.7. The first-order valence-electron chi connectivity index (χ1n) is 12.7. The molecule has 4 aromatic rings. The van der Waals surface area contributed by atoms with E-state index >= 15 is 0 Å². The molecular weight excluding hydrogens is 503 g/mol. The van der Waals surface area contributed by atoms with E-state index in [1.165, 1.54) is 12.1 Å². The van der Waals surface area contributed by atoms with E-state index in [2.05, 4.69) is 20.0 Å².